The molecule has 1 amide bonds. The van der Waals surface area contributed by atoms with Gasteiger partial charge in [-0.05, 0) is 36.4 Å². The molecule has 1 saturated heterocycles. The van der Waals surface area contributed by atoms with Gasteiger partial charge in [-0.15, -0.1) is 0 Å². The van der Waals surface area contributed by atoms with Crippen molar-refractivity contribution in [3.8, 4) is 5.75 Å². The molecule has 2 heterocycles. The number of aromatic nitrogens is 2. The van der Waals surface area contributed by atoms with Crippen molar-refractivity contribution in [2.45, 2.75) is 12.7 Å². The number of aromatic amines is 1. The molecule has 1 aliphatic heterocycles. The molecule has 1 aromatic heterocycles. The highest BCUT2D eigenvalue weighted by Gasteiger charge is 2.30. The molecule has 6 nitrogen and oxygen atoms in total. The van der Waals surface area contributed by atoms with Gasteiger partial charge in [0.05, 0.1) is 30.3 Å². The lowest BCUT2D eigenvalue weighted by atomic mass is 10.1. The molecule has 1 N–H and O–H groups in total. The summed E-state index contributed by atoms with van der Waals surface area (Å²) < 4.78 is 43.3. The van der Waals surface area contributed by atoms with E-state index in [-0.39, 0.29) is 11.5 Å². The number of carbonyl (C=O) groups is 1. The van der Waals surface area contributed by atoms with E-state index in [1.807, 2.05) is 18.2 Å². The molecule has 1 fully saturated rings. The van der Waals surface area contributed by atoms with Crippen LogP contribution >= 0.6 is 0 Å². The maximum atomic E-state index is 12.7. The van der Waals surface area contributed by atoms with Crippen LogP contribution in [0.3, 0.4) is 0 Å². The highest BCUT2D eigenvalue weighted by Crippen LogP contribution is 2.29. The van der Waals surface area contributed by atoms with Crippen LogP contribution in [0.1, 0.15) is 21.7 Å². The summed E-state index contributed by atoms with van der Waals surface area (Å²) in [6.07, 6.45) is -4.41. The Hall–Kier alpha value is -3.07. The Morgan fingerprint density at radius 2 is 1.80 bits per heavy atom. The number of nitrogens with zero attached hydrogens (tertiary/aromatic N) is 3. The number of H-pyrrole nitrogens is 1. The van der Waals surface area contributed by atoms with E-state index in [9.17, 15) is 18.0 Å². The van der Waals surface area contributed by atoms with E-state index in [4.69, 9.17) is 4.74 Å². The third-order valence-electron chi connectivity index (χ3n) is 5.23. The molecule has 3 aromatic rings. The van der Waals surface area contributed by atoms with Crippen LogP contribution in [-0.2, 0) is 12.7 Å². The van der Waals surface area contributed by atoms with Crippen LogP contribution < -0.4 is 4.74 Å². The van der Waals surface area contributed by atoms with Gasteiger partial charge >= 0.3 is 6.18 Å². The van der Waals surface area contributed by atoms with E-state index in [1.165, 1.54) is 12.1 Å². The minimum atomic E-state index is -4.41. The average molecular weight is 418 g/mol. The Labute approximate surface area is 171 Å². The number of alkyl halides is 3. The fraction of sp³-hybridized carbons (Fsp3) is 0.333. The molecular formula is C21H21F3N4O2. The molecule has 9 heteroatoms. The average Bonchev–Trinajstić information content (AvgIpc) is 3.14. The summed E-state index contributed by atoms with van der Waals surface area (Å²) in [5.41, 5.74) is 1.28. The number of halogens is 3. The second-order valence-corrected chi connectivity index (χ2v) is 7.21. The third-order valence-corrected chi connectivity index (χ3v) is 5.23. The number of imidazole rings is 1. The van der Waals surface area contributed by atoms with Crippen LogP contribution in [0.5, 0.6) is 5.75 Å². The Balaban J connectivity index is 1.35. The number of methoxy groups -OCH3 is 1. The summed E-state index contributed by atoms with van der Waals surface area (Å²) >= 11 is 0. The Morgan fingerprint density at radius 3 is 2.43 bits per heavy atom. The predicted octanol–water partition coefficient (Wildman–Crippen LogP) is 3.55. The van der Waals surface area contributed by atoms with Crippen molar-refractivity contribution in [1.29, 1.82) is 0 Å². The molecular weight excluding hydrogens is 397 g/mol. The van der Waals surface area contributed by atoms with E-state index in [1.54, 1.807) is 12.0 Å². The minimum absolute atomic E-state index is 0.251. The number of rotatable bonds is 4. The number of piperazine rings is 1. The fourth-order valence-corrected chi connectivity index (χ4v) is 3.55. The lowest BCUT2D eigenvalue weighted by molar-refractivity contribution is -0.137. The highest BCUT2D eigenvalue weighted by molar-refractivity contribution is 5.94. The number of amides is 1. The topological polar surface area (TPSA) is 61.5 Å². The van der Waals surface area contributed by atoms with E-state index >= 15 is 0 Å². The molecule has 0 atom stereocenters. The molecule has 1 aliphatic rings. The zero-order valence-corrected chi connectivity index (χ0v) is 16.4. The number of benzene rings is 2. The maximum absolute atomic E-state index is 12.7. The molecule has 0 saturated carbocycles. The first kappa shape index (κ1) is 20.2. The Morgan fingerprint density at radius 1 is 1.10 bits per heavy atom. The molecule has 30 heavy (non-hydrogen) atoms. The molecule has 0 bridgehead atoms. The monoisotopic (exact) mass is 418 g/mol. The second-order valence-electron chi connectivity index (χ2n) is 7.21. The SMILES string of the molecule is COc1ccc2nc(CN3CCN(C(=O)c4ccc(C(F)(F)F)cc4)CC3)[nH]c2c1. The number of hydrogen-bond donors (Lipinski definition) is 1. The van der Waals surface area contributed by atoms with Gasteiger partial charge < -0.3 is 14.6 Å². The smallest absolute Gasteiger partial charge is 0.416 e. The van der Waals surface area contributed by atoms with Gasteiger partial charge in [0, 0.05) is 37.8 Å². The summed E-state index contributed by atoms with van der Waals surface area (Å²) in [5, 5.41) is 0. The lowest BCUT2D eigenvalue weighted by Crippen LogP contribution is -2.48. The van der Waals surface area contributed by atoms with Gasteiger partial charge in [-0.25, -0.2) is 4.98 Å². The summed E-state index contributed by atoms with van der Waals surface area (Å²) in [7, 11) is 1.61. The molecule has 158 valence electrons. The van der Waals surface area contributed by atoms with Crippen molar-refractivity contribution < 1.29 is 22.7 Å². The van der Waals surface area contributed by atoms with Crippen LogP contribution in [0, 0.1) is 0 Å². The maximum Gasteiger partial charge on any atom is 0.416 e. The predicted molar refractivity (Wildman–Crippen MR) is 105 cm³/mol. The van der Waals surface area contributed by atoms with Crippen LogP contribution in [0.15, 0.2) is 42.5 Å². The van der Waals surface area contributed by atoms with Gasteiger partial charge in [0.25, 0.3) is 5.91 Å². The summed E-state index contributed by atoms with van der Waals surface area (Å²) in [6, 6.07) is 10.0. The van der Waals surface area contributed by atoms with Crippen molar-refractivity contribution in [3.05, 3.63) is 59.4 Å². The van der Waals surface area contributed by atoms with Crippen molar-refractivity contribution in [3.63, 3.8) is 0 Å². The molecule has 0 unspecified atom stereocenters. The van der Waals surface area contributed by atoms with E-state index in [0.717, 1.165) is 34.7 Å². The standard InChI is InChI=1S/C21H21F3N4O2/c1-30-16-6-7-17-18(12-16)26-19(25-17)13-27-8-10-28(11-9-27)20(29)14-2-4-15(5-3-14)21(22,23)24/h2-7,12H,8-11,13H2,1H3,(H,25,26). The first-order valence-electron chi connectivity index (χ1n) is 9.55. The van der Waals surface area contributed by atoms with Crippen molar-refractivity contribution in [2.24, 2.45) is 0 Å². The number of hydrogen-bond acceptors (Lipinski definition) is 4. The van der Waals surface area contributed by atoms with Gasteiger partial charge in [0.15, 0.2) is 0 Å². The quantitative estimate of drug-likeness (QED) is 0.704. The Bertz CT molecular complexity index is 1040. The number of ether oxygens (including phenoxy) is 1. The van der Waals surface area contributed by atoms with Gasteiger partial charge in [-0.2, -0.15) is 13.2 Å². The largest absolute Gasteiger partial charge is 0.497 e. The van der Waals surface area contributed by atoms with Gasteiger partial charge in [-0.1, -0.05) is 0 Å². The zero-order chi connectivity index (χ0) is 21.3. The fourth-order valence-electron chi connectivity index (χ4n) is 3.55. The van der Waals surface area contributed by atoms with Crippen LogP contribution in [0.2, 0.25) is 0 Å². The van der Waals surface area contributed by atoms with Gasteiger partial charge in [0.2, 0.25) is 0 Å². The van der Waals surface area contributed by atoms with E-state index < -0.39 is 11.7 Å². The van der Waals surface area contributed by atoms with E-state index in [0.29, 0.717) is 32.7 Å². The molecule has 2 aromatic carbocycles. The second kappa shape index (κ2) is 7.98. The minimum Gasteiger partial charge on any atom is -0.497 e. The summed E-state index contributed by atoms with van der Waals surface area (Å²) in [6.45, 7) is 2.96. The molecule has 4 rings (SSSR count). The van der Waals surface area contributed by atoms with Crippen molar-refractivity contribution in [1.82, 2.24) is 19.8 Å². The zero-order valence-electron chi connectivity index (χ0n) is 16.4. The molecule has 0 aliphatic carbocycles. The third kappa shape index (κ3) is 4.25. The van der Waals surface area contributed by atoms with Crippen LogP contribution in [0.4, 0.5) is 13.2 Å². The summed E-state index contributed by atoms with van der Waals surface area (Å²) in [5.74, 6) is 1.34. The number of fused-ring (bicyclic) bond motifs is 1. The normalized spacial score (nSPS) is 15.5. The first-order chi connectivity index (χ1) is 14.3. The van der Waals surface area contributed by atoms with Crippen LogP contribution in [-0.4, -0.2) is 59.0 Å². The van der Waals surface area contributed by atoms with E-state index in [2.05, 4.69) is 14.9 Å². The van der Waals surface area contributed by atoms with Crippen molar-refractivity contribution >= 4 is 16.9 Å². The first-order valence-corrected chi connectivity index (χ1v) is 9.55. The lowest BCUT2D eigenvalue weighted by Gasteiger charge is -2.34. The molecule has 0 radical (unpaired) electrons. The van der Waals surface area contributed by atoms with Crippen LogP contribution in [0.25, 0.3) is 11.0 Å². The van der Waals surface area contributed by atoms with Crippen molar-refractivity contribution in [2.75, 3.05) is 33.3 Å². The number of carbonyl (C=O) groups excluding carboxylic acids is 1. The van der Waals surface area contributed by atoms with Gasteiger partial charge in [-0.3, -0.25) is 9.69 Å². The highest BCUT2D eigenvalue weighted by atomic mass is 19.4. The summed E-state index contributed by atoms with van der Waals surface area (Å²) in [4.78, 5) is 24.3. The number of nitrogens with one attached hydrogen (secondary N) is 1. The Kier molecular flexibility index (Phi) is 5.38. The molecule has 0 spiro atoms. The van der Waals surface area contributed by atoms with Gasteiger partial charge in [0.1, 0.15) is 11.6 Å².